The zero-order valence-electron chi connectivity index (χ0n) is 14.4. The second-order valence-corrected chi connectivity index (χ2v) is 6.13. The molecule has 1 amide bonds. The van der Waals surface area contributed by atoms with E-state index in [2.05, 4.69) is 15.5 Å². The molecule has 0 unspecified atom stereocenters. The third-order valence-electron chi connectivity index (χ3n) is 4.47. The number of carbonyl (C=O) groups is 1. The molecule has 0 fully saturated rings. The Kier molecular flexibility index (Phi) is 4.31. The van der Waals surface area contributed by atoms with Crippen LogP contribution >= 0.6 is 0 Å². The predicted octanol–water partition coefficient (Wildman–Crippen LogP) is 3.22. The van der Waals surface area contributed by atoms with Crippen molar-refractivity contribution >= 4 is 27.8 Å². The number of nitrogens with zero attached hydrogens (tertiary/aromatic N) is 1. The van der Waals surface area contributed by atoms with Crippen molar-refractivity contribution in [2.24, 2.45) is 0 Å². The van der Waals surface area contributed by atoms with Crippen LogP contribution < -0.4 is 10.1 Å². The summed E-state index contributed by atoms with van der Waals surface area (Å²) in [5.41, 5.74) is 3.56. The number of rotatable bonds is 6. The van der Waals surface area contributed by atoms with Crippen LogP contribution in [0.2, 0.25) is 0 Å². The van der Waals surface area contributed by atoms with E-state index in [1.807, 2.05) is 48.7 Å². The van der Waals surface area contributed by atoms with Crippen molar-refractivity contribution in [2.75, 3.05) is 13.7 Å². The van der Waals surface area contributed by atoms with Crippen molar-refractivity contribution in [1.29, 1.82) is 0 Å². The highest BCUT2D eigenvalue weighted by Gasteiger charge is 2.12. The van der Waals surface area contributed by atoms with Gasteiger partial charge in [-0.05, 0) is 42.3 Å². The smallest absolute Gasteiger partial charge is 0.226 e. The van der Waals surface area contributed by atoms with Crippen LogP contribution in [0.5, 0.6) is 5.75 Å². The number of para-hydroxylation sites is 1. The second kappa shape index (κ2) is 6.92. The van der Waals surface area contributed by atoms with Gasteiger partial charge in [0.25, 0.3) is 0 Å². The Hall–Kier alpha value is -3.28. The average Bonchev–Trinajstić information content (AvgIpc) is 3.26. The molecule has 6 nitrogen and oxygen atoms in total. The molecule has 0 spiro atoms. The lowest BCUT2D eigenvalue weighted by Crippen LogP contribution is -2.27. The molecule has 0 aliphatic carbocycles. The largest absolute Gasteiger partial charge is 0.497 e. The first-order valence-corrected chi connectivity index (χ1v) is 8.48. The van der Waals surface area contributed by atoms with Crippen LogP contribution in [0, 0.1) is 0 Å². The van der Waals surface area contributed by atoms with Gasteiger partial charge in [0.2, 0.25) is 5.91 Å². The lowest BCUT2D eigenvalue weighted by atomic mass is 10.1. The van der Waals surface area contributed by atoms with Gasteiger partial charge in [-0.15, -0.1) is 0 Å². The van der Waals surface area contributed by atoms with E-state index in [-0.39, 0.29) is 12.3 Å². The Labute approximate surface area is 150 Å². The van der Waals surface area contributed by atoms with E-state index in [1.54, 1.807) is 7.11 Å². The number of ether oxygens (including phenoxy) is 1. The first kappa shape index (κ1) is 16.2. The van der Waals surface area contributed by atoms with Gasteiger partial charge in [-0.25, -0.2) is 0 Å². The molecule has 0 aliphatic heterocycles. The van der Waals surface area contributed by atoms with Gasteiger partial charge < -0.3 is 19.6 Å². The number of aromatic nitrogens is 2. The Morgan fingerprint density at radius 3 is 3.00 bits per heavy atom. The Bertz CT molecular complexity index is 1060. The molecule has 132 valence electrons. The molecule has 4 aromatic rings. The number of hydrogen-bond donors (Lipinski definition) is 2. The second-order valence-electron chi connectivity index (χ2n) is 6.13. The lowest BCUT2D eigenvalue weighted by Gasteiger charge is -2.04. The molecule has 0 saturated carbocycles. The maximum absolute atomic E-state index is 12.2. The number of amides is 1. The van der Waals surface area contributed by atoms with E-state index in [4.69, 9.17) is 9.26 Å². The topological polar surface area (TPSA) is 80.1 Å². The van der Waals surface area contributed by atoms with E-state index in [9.17, 15) is 4.79 Å². The number of aromatic amines is 1. The average molecular weight is 349 g/mol. The minimum Gasteiger partial charge on any atom is -0.497 e. The highest BCUT2D eigenvalue weighted by Crippen LogP contribution is 2.23. The fourth-order valence-corrected chi connectivity index (χ4v) is 3.11. The van der Waals surface area contributed by atoms with Crippen molar-refractivity contribution in [3.63, 3.8) is 0 Å². The first-order valence-electron chi connectivity index (χ1n) is 8.48. The van der Waals surface area contributed by atoms with Gasteiger partial charge in [0.1, 0.15) is 11.4 Å². The third-order valence-corrected chi connectivity index (χ3v) is 4.47. The highest BCUT2D eigenvalue weighted by atomic mass is 16.5. The molecular formula is C20H19N3O3. The minimum absolute atomic E-state index is 0.0681. The molecule has 2 N–H and O–H groups in total. The molecule has 6 heteroatoms. The minimum atomic E-state index is -0.0681. The van der Waals surface area contributed by atoms with Gasteiger partial charge in [0, 0.05) is 29.0 Å². The summed E-state index contributed by atoms with van der Waals surface area (Å²) in [4.78, 5) is 15.5. The van der Waals surface area contributed by atoms with Gasteiger partial charge in [-0.2, -0.15) is 0 Å². The zero-order valence-corrected chi connectivity index (χ0v) is 14.4. The molecule has 2 heterocycles. The summed E-state index contributed by atoms with van der Waals surface area (Å²) in [5.74, 6) is 0.752. The van der Waals surface area contributed by atoms with Crippen LogP contribution in [-0.2, 0) is 17.6 Å². The summed E-state index contributed by atoms with van der Waals surface area (Å²) in [6, 6.07) is 13.5. The number of carbonyl (C=O) groups excluding carboxylic acids is 1. The maximum atomic E-state index is 12.2. The summed E-state index contributed by atoms with van der Waals surface area (Å²) in [7, 11) is 1.65. The summed E-state index contributed by atoms with van der Waals surface area (Å²) in [6.07, 6.45) is 2.92. The maximum Gasteiger partial charge on any atom is 0.226 e. The van der Waals surface area contributed by atoms with Gasteiger partial charge in [-0.3, -0.25) is 4.79 Å². The first-order chi connectivity index (χ1) is 12.7. The van der Waals surface area contributed by atoms with Gasteiger partial charge in [0.15, 0.2) is 5.58 Å². The molecule has 4 rings (SSSR count). The van der Waals surface area contributed by atoms with Crippen molar-refractivity contribution in [1.82, 2.24) is 15.5 Å². The molecule has 2 aromatic carbocycles. The Balaban J connectivity index is 1.38. The third kappa shape index (κ3) is 3.13. The van der Waals surface area contributed by atoms with Crippen molar-refractivity contribution in [3.05, 3.63) is 59.9 Å². The molecule has 0 atom stereocenters. The van der Waals surface area contributed by atoms with Crippen LogP contribution in [0.15, 0.2) is 53.2 Å². The normalized spacial score (nSPS) is 11.1. The van der Waals surface area contributed by atoms with Crippen molar-refractivity contribution in [3.8, 4) is 5.75 Å². The van der Waals surface area contributed by atoms with Crippen molar-refractivity contribution < 1.29 is 14.1 Å². The molecule has 0 bridgehead atoms. The summed E-state index contributed by atoms with van der Waals surface area (Å²) < 4.78 is 10.5. The Morgan fingerprint density at radius 2 is 2.12 bits per heavy atom. The zero-order chi connectivity index (χ0) is 17.9. The van der Waals surface area contributed by atoms with Crippen molar-refractivity contribution in [2.45, 2.75) is 12.8 Å². The molecule has 26 heavy (non-hydrogen) atoms. The van der Waals surface area contributed by atoms with E-state index in [1.165, 1.54) is 0 Å². The molecular weight excluding hydrogens is 330 g/mol. The summed E-state index contributed by atoms with van der Waals surface area (Å²) in [6.45, 7) is 0.554. The van der Waals surface area contributed by atoms with E-state index in [0.29, 0.717) is 17.8 Å². The quantitative estimate of drug-likeness (QED) is 0.560. The molecule has 0 aliphatic rings. The Morgan fingerprint density at radius 1 is 1.23 bits per heavy atom. The van der Waals surface area contributed by atoms with Gasteiger partial charge >= 0.3 is 0 Å². The lowest BCUT2D eigenvalue weighted by molar-refractivity contribution is -0.120. The van der Waals surface area contributed by atoms with Crippen LogP contribution in [0.4, 0.5) is 0 Å². The number of benzene rings is 2. The van der Waals surface area contributed by atoms with Crippen LogP contribution in [0.25, 0.3) is 21.9 Å². The van der Waals surface area contributed by atoms with Gasteiger partial charge in [0.05, 0.1) is 13.5 Å². The highest BCUT2D eigenvalue weighted by molar-refractivity contribution is 5.86. The standard InChI is InChI=1S/C20H19N3O3/c1-25-14-6-7-17-16(10-14)13(12-22-17)8-9-21-20(24)11-18-15-4-2-3-5-19(15)26-23-18/h2-7,10,12,22H,8-9,11H2,1H3,(H,21,24). The number of H-pyrrole nitrogens is 1. The van der Waals surface area contributed by atoms with Crippen LogP contribution in [-0.4, -0.2) is 29.7 Å². The van der Waals surface area contributed by atoms with E-state index >= 15 is 0 Å². The van der Waals surface area contributed by atoms with Crippen LogP contribution in [0.3, 0.4) is 0 Å². The number of fused-ring (bicyclic) bond motifs is 2. The SMILES string of the molecule is COc1ccc2[nH]cc(CCNC(=O)Cc3noc4ccccc34)c2c1. The molecule has 0 saturated heterocycles. The summed E-state index contributed by atoms with van der Waals surface area (Å²) >= 11 is 0. The van der Waals surface area contributed by atoms with E-state index < -0.39 is 0 Å². The van der Waals surface area contributed by atoms with E-state index in [0.717, 1.165) is 34.0 Å². The number of methoxy groups -OCH3 is 1. The van der Waals surface area contributed by atoms with Crippen LogP contribution in [0.1, 0.15) is 11.3 Å². The molecule has 0 radical (unpaired) electrons. The number of nitrogens with one attached hydrogen (secondary N) is 2. The number of hydrogen-bond acceptors (Lipinski definition) is 4. The predicted molar refractivity (Wildman–Crippen MR) is 99.3 cm³/mol. The fourth-order valence-electron chi connectivity index (χ4n) is 3.11. The summed E-state index contributed by atoms with van der Waals surface area (Å²) in [5, 5.41) is 8.94. The van der Waals surface area contributed by atoms with Gasteiger partial charge in [-0.1, -0.05) is 17.3 Å². The molecule has 2 aromatic heterocycles. The monoisotopic (exact) mass is 349 g/mol. The fraction of sp³-hybridized carbons (Fsp3) is 0.200.